The lowest BCUT2D eigenvalue weighted by Gasteiger charge is -2.18. The predicted molar refractivity (Wildman–Crippen MR) is 60.9 cm³/mol. The van der Waals surface area contributed by atoms with Crippen molar-refractivity contribution < 1.29 is 4.79 Å². The molecule has 2 nitrogen and oxygen atoms in total. The van der Waals surface area contributed by atoms with Crippen LogP contribution in [0, 0.1) is 11.3 Å². The maximum Gasteiger partial charge on any atom is 0.220 e. The highest BCUT2D eigenvalue weighted by Gasteiger charge is 2.13. The lowest BCUT2D eigenvalue weighted by molar-refractivity contribution is -0.122. The SMILES string of the molecule is CCC(CCCCC(C)(C)C)C(N)=O. The number of rotatable bonds is 6. The monoisotopic (exact) mass is 199 g/mol. The van der Waals surface area contributed by atoms with Crippen LogP contribution in [0.25, 0.3) is 0 Å². The second-order valence-corrected chi connectivity index (χ2v) is 5.31. The van der Waals surface area contributed by atoms with Crippen molar-refractivity contribution >= 4 is 5.91 Å². The molecule has 84 valence electrons. The Morgan fingerprint density at radius 1 is 1.29 bits per heavy atom. The van der Waals surface area contributed by atoms with Gasteiger partial charge < -0.3 is 5.73 Å². The second-order valence-electron chi connectivity index (χ2n) is 5.31. The predicted octanol–water partition coefficient (Wildman–Crippen LogP) is 3.10. The van der Waals surface area contributed by atoms with Gasteiger partial charge in [-0.15, -0.1) is 0 Å². The summed E-state index contributed by atoms with van der Waals surface area (Å²) in [7, 11) is 0. The Labute approximate surface area is 88.3 Å². The summed E-state index contributed by atoms with van der Waals surface area (Å²) < 4.78 is 0. The molecule has 0 radical (unpaired) electrons. The number of hydrogen-bond acceptors (Lipinski definition) is 1. The fraction of sp³-hybridized carbons (Fsp3) is 0.917. The molecule has 0 fully saturated rings. The minimum absolute atomic E-state index is 0.0926. The largest absolute Gasteiger partial charge is 0.369 e. The zero-order chi connectivity index (χ0) is 11.2. The van der Waals surface area contributed by atoms with Crippen LogP contribution in [-0.2, 0) is 4.79 Å². The summed E-state index contributed by atoms with van der Waals surface area (Å²) in [5, 5.41) is 0. The second kappa shape index (κ2) is 6.05. The molecular weight excluding hydrogens is 174 g/mol. The molecule has 0 saturated heterocycles. The van der Waals surface area contributed by atoms with Gasteiger partial charge in [0.25, 0.3) is 0 Å². The van der Waals surface area contributed by atoms with E-state index >= 15 is 0 Å². The van der Waals surface area contributed by atoms with Gasteiger partial charge in [-0.25, -0.2) is 0 Å². The van der Waals surface area contributed by atoms with Crippen molar-refractivity contribution in [2.24, 2.45) is 17.1 Å². The van der Waals surface area contributed by atoms with E-state index in [1.165, 1.54) is 12.8 Å². The van der Waals surface area contributed by atoms with Crippen molar-refractivity contribution in [2.75, 3.05) is 0 Å². The Kier molecular flexibility index (Phi) is 5.82. The Hall–Kier alpha value is -0.530. The van der Waals surface area contributed by atoms with Gasteiger partial charge in [0.2, 0.25) is 5.91 Å². The van der Waals surface area contributed by atoms with Gasteiger partial charge in [0, 0.05) is 5.92 Å². The molecule has 2 heteroatoms. The molecule has 0 aromatic carbocycles. The van der Waals surface area contributed by atoms with Crippen LogP contribution in [0.1, 0.15) is 59.8 Å². The summed E-state index contributed by atoms with van der Waals surface area (Å²) in [6.07, 6.45) is 5.39. The van der Waals surface area contributed by atoms with Crippen LogP contribution >= 0.6 is 0 Å². The van der Waals surface area contributed by atoms with Crippen LogP contribution < -0.4 is 5.73 Å². The summed E-state index contributed by atoms with van der Waals surface area (Å²) >= 11 is 0. The van der Waals surface area contributed by atoms with E-state index < -0.39 is 0 Å². The van der Waals surface area contributed by atoms with E-state index in [0.29, 0.717) is 5.41 Å². The van der Waals surface area contributed by atoms with Crippen LogP contribution in [0.2, 0.25) is 0 Å². The highest BCUT2D eigenvalue weighted by molar-refractivity contribution is 5.76. The van der Waals surface area contributed by atoms with Gasteiger partial charge in [-0.2, -0.15) is 0 Å². The van der Waals surface area contributed by atoms with E-state index in [9.17, 15) is 4.79 Å². The number of amides is 1. The molecular formula is C12H25NO. The van der Waals surface area contributed by atoms with Crippen LogP contribution in [0.15, 0.2) is 0 Å². The zero-order valence-electron chi connectivity index (χ0n) is 10.1. The maximum absolute atomic E-state index is 10.9. The fourth-order valence-electron chi connectivity index (χ4n) is 1.59. The van der Waals surface area contributed by atoms with Gasteiger partial charge in [-0.05, 0) is 24.7 Å². The number of hydrogen-bond donors (Lipinski definition) is 1. The third-order valence-corrected chi connectivity index (χ3v) is 2.62. The molecule has 1 atom stereocenters. The van der Waals surface area contributed by atoms with Crippen molar-refractivity contribution in [3.8, 4) is 0 Å². The van der Waals surface area contributed by atoms with Crippen molar-refractivity contribution in [1.82, 2.24) is 0 Å². The normalized spacial score (nSPS) is 14.0. The third kappa shape index (κ3) is 6.93. The van der Waals surface area contributed by atoms with E-state index in [4.69, 9.17) is 5.73 Å². The first kappa shape index (κ1) is 13.5. The van der Waals surface area contributed by atoms with Gasteiger partial charge in [-0.1, -0.05) is 40.5 Å². The molecule has 0 saturated carbocycles. The smallest absolute Gasteiger partial charge is 0.220 e. The maximum atomic E-state index is 10.9. The van der Waals surface area contributed by atoms with Crippen LogP contribution in [0.4, 0.5) is 0 Å². The first-order valence-corrected chi connectivity index (χ1v) is 5.66. The van der Waals surface area contributed by atoms with E-state index in [1.54, 1.807) is 0 Å². The summed E-state index contributed by atoms with van der Waals surface area (Å²) in [6.45, 7) is 8.77. The van der Waals surface area contributed by atoms with Crippen LogP contribution in [0.3, 0.4) is 0 Å². The van der Waals surface area contributed by atoms with E-state index in [2.05, 4.69) is 20.8 Å². The molecule has 0 bridgehead atoms. The molecule has 2 N–H and O–H groups in total. The molecule has 0 aliphatic carbocycles. The van der Waals surface area contributed by atoms with Crippen LogP contribution in [-0.4, -0.2) is 5.91 Å². The first-order valence-electron chi connectivity index (χ1n) is 5.66. The van der Waals surface area contributed by atoms with Gasteiger partial charge in [0.1, 0.15) is 0 Å². The zero-order valence-corrected chi connectivity index (χ0v) is 10.1. The number of unbranched alkanes of at least 4 members (excludes halogenated alkanes) is 1. The minimum Gasteiger partial charge on any atom is -0.369 e. The standard InChI is InChI=1S/C12H25NO/c1-5-10(11(13)14)8-6-7-9-12(2,3)4/h10H,5-9H2,1-4H3,(H2,13,14). The number of carbonyl (C=O) groups excluding carboxylic acids is 1. The quantitative estimate of drug-likeness (QED) is 0.656. The summed E-state index contributed by atoms with van der Waals surface area (Å²) in [5.41, 5.74) is 5.69. The molecule has 1 unspecified atom stereocenters. The highest BCUT2D eigenvalue weighted by atomic mass is 16.1. The summed E-state index contributed by atoms with van der Waals surface area (Å²) in [6, 6.07) is 0. The number of nitrogens with two attached hydrogens (primary N) is 1. The molecule has 14 heavy (non-hydrogen) atoms. The van der Waals surface area contributed by atoms with Crippen molar-refractivity contribution in [2.45, 2.75) is 59.8 Å². The molecule has 0 spiro atoms. The van der Waals surface area contributed by atoms with Gasteiger partial charge in [0.15, 0.2) is 0 Å². The Bertz CT molecular complexity index is 170. The van der Waals surface area contributed by atoms with E-state index in [-0.39, 0.29) is 11.8 Å². The van der Waals surface area contributed by atoms with Crippen molar-refractivity contribution in [3.63, 3.8) is 0 Å². The topological polar surface area (TPSA) is 43.1 Å². The third-order valence-electron chi connectivity index (χ3n) is 2.62. The number of primary amides is 1. The Morgan fingerprint density at radius 2 is 1.86 bits per heavy atom. The molecule has 0 aromatic rings. The molecule has 0 aliphatic heterocycles. The van der Waals surface area contributed by atoms with Gasteiger partial charge in [-0.3, -0.25) is 4.79 Å². The minimum atomic E-state index is -0.136. The average Bonchev–Trinajstić information content (AvgIpc) is 2.01. The lowest BCUT2D eigenvalue weighted by atomic mass is 9.88. The van der Waals surface area contributed by atoms with Crippen molar-refractivity contribution in [3.05, 3.63) is 0 Å². The van der Waals surface area contributed by atoms with Gasteiger partial charge in [0.05, 0.1) is 0 Å². The number of carbonyl (C=O) groups is 1. The van der Waals surface area contributed by atoms with Gasteiger partial charge >= 0.3 is 0 Å². The summed E-state index contributed by atoms with van der Waals surface area (Å²) in [5.74, 6) is -0.0433. The average molecular weight is 199 g/mol. The van der Waals surface area contributed by atoms with E-state index in [1.807, 2.05) is 6.92 Å². The lowest BCUT2D eigenvalue weighted by Crippen LogP contribution is -2.22. The molecule has 1 amide bonds. The summed E-state index contributed by atoms with van der Waals surface area (Å²) in [4.78, 5) is 10.9. The highest BCUT2D eigenvalue weighted by Crippen LogP contribution is 2.23. The Balaban J connectivity index is 3.58. The molecule has 0 heterocycles. The van der Waals surface area contributed by atoms with E-state index in [0.717, 1.165) is 19.3 Å². The first-order chi connectivity index (χ1) is 6.37. The fourth-order valence-corrected chi connectivity index (χ4v) is 1.59. The van der Waals surface area contributed by atoms with Crippen molar-refractivity contribution in [1.29, 1.82) is 0 Å². The molecule has 0 aliphatic rings. The molecule has 0 rings (SSSR count). The Morgan fingerprint density at radius 3 is 2.21 bits per heavy atom. The molecule has 0 aromatic heterocycles. The van der Waals surface area contributed by atoms with Crippen LogP contribution in [0.5, 0.6) is 0 Å².